The van der Waals surface area contributed by atoms with Gasteiger partial charge in [0.1, 0.15) is 11.6 Å². The van der Waals surface area contributed by atoms with Crippen molar-refractivity contribution in [2.75, 3.05) is 5.32 Å². The molecule has 1 aromatic heterocycles. The average molecular weight is 446 g/mol. The Bertz CT molecular complexity index is 1550. The maximum absolute atomic E-state index is 12.8. The minimum absolute atomic E-state index is 0.0390. The van der Waals surface area contributed by atoms with Crippen molar-refractivity contribution in [1.29, 1.82) is 5.26 Å². The van der Waals surface area contributed by atoms with Gasteiger partial charge in [0.15, 0.2) is 5.13 Å². The van der Waals surface area contributed by atoms with Crippen LogP contribution < -0.4 is 5.32 Å². The smallest absolute Gasteiger partial charge is 0.268 e. The summed E-state index contributed by atoms with van der Waals surface area (Å²) < 4.78 is 0. The molecule has 0 spiro atoms. The Balaban J connectivity index is 1.36. The van der Waals surface area contributed by atoms with Crippen LogP contribution >= 0.6 is 11.3 Å². The van der Waals surface area contributed by atoms with Crippen LogP contribution in [0.2, 0.25) is 0 Å². The number of amides is 1. The lowest BCUT2D eigenvalue weighted by atomic mass is 10.0. The molecule has 0 aliphatic heterocycles. The number of hydrogen-bond donors (Lipinski definition) is 1. The lowest BCUT2D eigenvalue weighted by Crippen LogP contribution is -2.13. The van der Waals surface area contributed by atoms with E-state index in [1.54, 1.807) is 12.3 Å². The molecule has 1 heterocycles. The molecule has 158 valence electrons. The Morgan fingerprint density at radius 1 is 0.909 bits per heavy atom. The third-order valence-electron chi connectivity index (χ3n) is 5.51. The number of aromatic nitrogens is 1. The van der Waals surface area contributed by atoms with Gasteiger partial charge in [0.2, 0.25) is 0 Å². The standard InChI is InChI=1S/C28H19N3OS/c29-17-23(15-21-11-5-9-19-7-1-3-13-25(19)21)27(32)31-28-30-18-24(33-28)16-22-12-6-10-20-8-2-4-14-26(20)22/h1-15,18H,16H2,(H,30,31,32)/b23-15+. The molecule has 0 saturated carbocycles. The van der Waals surface area contributed by atoms with E-state index in [0.717, 1.165) is 27.6 Å². The van der Waals surface area contributed by atoms with Crippen LogP contribution in [0.3, 0.4) is 0 Å². The van der Waals surface area contributed by atoms with Crippen molar-refractivity contribution >= 4 is 50.0 Å². The molecule has 5 aromatic rings. The monoisotopic (exact) mass is 445 g/mol. The quantitative estimate of drug-likeness (QED) is 0.245. The van der Waals surface area contributed by atoms with Crippen LogP contribution in [0.5, 0.6) is 0 Å². The number of rotatable bonds is 5. The Morgan fingerprint density at radius 3 is 2.36 bits per heavy atom. The first-order valence-corrected chi connectivity index (χ1v) is 11.4. The van der Waals surface area contributed by atoms with Gasteiger partial charge in [-0.05, 0) is 38.7 Å². The summed E-state index contributed by atoms with van der Waals surface area (Å²) in [6, 6.07) is 30.3. The number of nitrogens with one attached hydrogen (secondary N) is 1. The molecule has 0 aliphatic carbocycles. The van der Waals surface area contributed by atoms with E-state index in [-0.39, 0.29) is 5.57 Å². The summed E-state index contributed by atoms with van der Waals surface area (Å²) in [4.78, 5) is 18.2. The lowest BCUT2D eigenvalue weighted by Gasteiger charge is -2.05. The molecule has 1 N–H and O–H groups in total. The highest BCUT2D eigenvalue weighted by molar-refractivity contribution is 7.15. The van der Waals surface area contributed by atoms with Crippen LogP contribution in [0.15, 0.2) is 96.7 Å². The van der Waals surface area contributed by atoms with E-state index >= 15 is 0 Å². The predicted molar refractivity (Wildman–Crippen MR) is 135 cm³/mol. The van der Waals surface area contributed by atoms with Crippen LogP contribution in [0, 0.1) is 11.3 Å². The van der Waals surface area contributed by atoms with E-state index in [9.17, 15) is 10.1 Å². The molecule has 4 aromatic carbocycles. The number of fused-ring (bicyclic) bond motifs is 2. The normalized spacial score (nSPS) is 11.4. The highest BCUT2D eigenvalue weighted by Crippen LogP contribution is 2.26. The van der Waals surface area contributed by atoms with E-state index in [4.69, 9.17) is 0 Å². The maximum Gasteiger partial charge on any atom is 0.268 e. The molecule has 0 atom stereocenters. The van der Waals surface area contributed by atoms with E-state index in [1.807, 2.05) is 60.7 Å². The van der Waals surface area contributed by atoms with Crippen LogP contribution in [-0.2, 0) is 11.2 Å². The third-order valence-corrected chi connectivity index (χ3v) is 6.42. The molecule has 0 unspecified atom stereocenters. The van der Waals surface area contributed by atoms with Crippen LogP contribution in [-0.4, -0.2) is 10.9 Å². The molecule has 0 aliphatic rings. The number of nitrogens with zero attached hydrogens (tertiary/aromatic N) is 2. The average Bonchev–Trinajstić information content (AvgIpc) is 3.29. The highest BCUT2D eigenvalue weighted by atomic mass is 32.1. The Kier molecular flexibility index (Phi) is 5.67. The molecule has 0 fully saturated rings. The van der Waals surface area contributed by atoms with Crippen molar-refractivity contribution in [2.24, 2.45) is 0 Å². The number of thiazole rings is 1. The maximum atomic E-state index is 12.8. The second-order valence-electron chi connectivity index (χ2n) is 7.64. The number of carbonyl (C=O) groups is 1. The minimum Gasteiger partial charge on any atom is -0.297 e. The van der Waals surface area contributed by atoms with E-state index in [1.165, 1.54) is 27.7 Å². The summed E-state index contributed by atoms with van der Waals surface area (Å²) >= 11 is 1.42. The van der Waals surface area contributed by atoms with Crippen molar-refractivity contribution in [1.82, 2.24) is 4.98 Å². The van der Waals surface area contributed by atoms with Crippen molar-refractivity contribution in [3.05, 3.63) is 113 Å². The van der Waals surface area contributed by atoms with Gasteiger partial charge in [0.05, 0.1) is 0 Å². The summed E-state index contributed by atoms with van der Waals surface area (Å²) in [6.45, 7) is 0. The largest absolute Gasteiger partial charge is 0.297 e. The van der Waals surface area contributed by atoms with Gasteiger partial charge < -0.3 is 0 Å². The van der Waals surface area contributed by atoms with Gasteiger partial charge in [0.25, 0.3) is 5.91 Å². The summed E-state index contributed by atoms with van der Waals surface area (Å²) in [7, 11) is 0. The van der Waals surface area contributed by atoms with Crippen LogP contribution in [0.1, 0.15) is 16.0 Å². The number of anilines is 1. The van der Waals surface area contributed by atoms with Gasteiger partial charge in [-0.3, -0.25) is 10.1 Å². The first-order valence-electron chi connectivity index (χ1n) is 10.5. The number of hydrogen-bond acceptors (Lipinski definition) is 4. The summed E-state index contributed by atoms with van der Waals surface area (Å²) in [5.74, 6) is -0.462. The van der Waals surface area contributed by atoms with E-state index < -0.39 is 5.91 Å². The molecule has 0 saturated heterocycles. The molecule has 5 rings (SSSR count). The molecule has 0 bridgehead atoms. The van der Waals surface area contributed by atoms with Gasteiger partial charge in [-0.2, -0.15) is 5.26 Å². The van der Waals surface area contributed by atoms with Crippen LogP contribution in [0.4, 0.5) is 5.13 Å². The number of benzene rings is 4. The summed E-state index contributed by atoms with van der Waals surface area (Å²) in [5, 5.41) is 17.3. The van der Waals surface area contributed by atoms with Crippen molar-refractivity contribution < 1.29 is 4.79 Å². The lowest BCUT2D eigenvalue weighted by molar-refractivity contribution is -0.112. The molecular formula is C28H19N3OS. The zero-order valence-corrected chi connectivity index (χ0v) is 18.5. The third kappa shape index (κ3) is 4.38. The number of carbonyl (C=O) groups excluding carboxylic acids is 1. The fourth-order valence-corrected chi connectivity index (χ4v) is 4.76. The van der Waals surface area contributed by atoms with Gasteiger partial charge >= 0.3 is 0 Å². The van der Waals surface area contributed by atoms with Gasteiger partial charge in [-0.25, -0.2) is 4.98 Å². The Morgan fingerprint density at radius 2 is 1.58 bits per heavy atom. The minimum atomic E-state index is -0.462. The molecular weight excluding hydrogens is 426 g/mol. The molecule has 5 heteroatoms. The molecule has 0 radical (unpaired) electrons. The fraction of sp³-hybridized carbons (Fsp3) is 0.0357. The zero-order valence-electron chi connectivity index (χ0n) is 17.7. The van der Waals surface area contributed by atoms with Crippen molar-refractivity contribution in [2.45, 2.75) is 6.42 Å². The van der Waals surface area contributed by atoms with E-state index in [2.05, 4.69) is 40.6 Å². The van der Waals surface area contributed by atoms with Crippen molar-refractivity contribution in [3.8, 4) is 6.07 Å². The van der Waals surface area contributed by atoms with E-state index in [0.29, 0.717) is 5.13 Å². The van der Waals surface area contributed by atoms with Gasteiger partial charge in [-0.1, -0.05) is 84.9 Å². The van der Waals surface area contributed by atoms with Gasteiger partial charge in [0, 0.05) is 17.5 Å². The summed E-state index contributed by atoms with van der Waals surface area (Å²) in [5.41, 5.74) is 2.08. The first kappa shape index (κ1) is 20.6. The molecule has 1 amide bonds. The van der Waals surface area contributed by atoms with Crippen molar-refractivity contribution in [3.63, 3.8) is 0 Å². The predicted octanol–water partition coefficient (Wildman–Crippen LogP) is 6.59. The SMILES string of the molecule is N#C/C(=C\c1cccc2ccccc12)C(=O)Nc1ncc(Cc2cccc3ccccc23)s1. The second kappa shape index (κ2) is 9.07. The highest BCUT2D eigenvalue weighted by Gasteiger charge is 2.13. The Hall–Kier alpha value is -4.27. The topological polar surface area (TPSA) is 65.8 Å². The Labute approximate surface area is 195 Å². The molecule has 4 nitrogen and oxygen atoms in total. The number of nitriles is 1. The first-order chi connectivity index (χ1) is 16.2. The summed E-state index contributed by atoms with van der Waals surface area (Å²) in [6.07, 6.45) is 4.14. The van der Waals surface area contributed by atoms with Gasteiger partial charge in [-0.15, -0.1) is 11.3 Å². The molecule has 33 heavy (non-hydrogen) atoms. The zero-order chi connectivity index (χ0) is 22.6. The second-order valence-corrected chi connectivity index (χ2v) is 8.75. The van der Waals surface area contributed by atoms with Crippen LogP contribution in [0.25, 0.3) is 27.6 Å². The fourth-order valence-electron chi connectivity index (χ4n) is 3.93.